The van der Waals surface area contributed by atoms with Gasteiger partial charge in [0.05, 0.1) is 24.0 Å². The van der Waals surface area contributed by atoms with Gasteiger partial charge in [0.2, 0.25) is 0 Å². The van der Waals surface area contributed by atoms with Crippen LogP contribution in [0.5, 0.6) is 0 Å². The fourth-order valence-electron chi connectivity index (χ4n) is 1.79. The molecular formula is C13H11IN2O3S. The predicted octanol–water partition coefficient (Wildman–Crippen LogP) is 2.91. The average molecular weight is 402 g/mol. The Hall–Kier alpha value is -1.40. The Morgan fingerprint density at radius 2 is 2.40 bits per heavy atom. The molecule has 20 heavy (non-hydrogen) atoms. The summed E-state index contributed by atoms with van der Waals surface area (Å²) in [7, 11) is 1.35. The lowest BCUT2D eigenvalue weighted by molar-refractivity contribution is -0.142. The molecule has 0 bridgehead atoms. The van der Waals surface area contributed by atoms with Crippen molar-refractivity contribution >= 4 is 52.8 Å². The van der Waals surface area contributed by atoms with Gasteiger partial charge in [0.15, 0.2) is 5.58 Å². The highest BCUT2D eigenvalue weighted by molar-refractivity contribution is 14.2. The minimum atomic E-state index is -0.354. The number of carbonyl (C=O) groups is 1. The van der Waals surface area contributed by atoms with Crippen molar-refractivity contribution in [1.29, 1.82) is 0 Å². The van der Waals surface area contributed by atoms with E-state index >= 15 is 0 Å². The molecule has 0 saturated carbocycles. The number of nitrogen functional groups attached to an aromatic ring is 1. The molecule has 0 aliphatic heterocycles. The Balaban J connectivity index is 2.51. The molecule has 0 unspecified atom stereocenters. The van der Waals surface area contributed by atoms with Crippen molar-refractivity contribution in [3.63, 3.8) is 0 Å². The van der Waals surface area contributed by atoms with E-state index in [4.69, 9.17) is 15.0 Å². The van der Waals surface area contributed by atoms with Crippen molar-refractivity contribution in [2.45, 2.75) is 13.3 Å². The summed E-state index contributed by atoms with van der Waals surface area (Å²) in [4.78, 5) is 11.6. The molecule has 0 radical (unpaired) electrons. The lowest BCUT2D eigenvalue weighted by Crippen LogP contribution is -2.08. The van der Waals surface area contributed by atoms with E-state index in [0.29, 0.717) is 34.5 Å². The smallest absolute Gasteiger partial charge is 0.312 e. The zero-order valence-corrected chi connectivity index (χ0v) is 13.6. The van der Waals surface area contributed by atoms with E-state index in [0.717, 1.165) is 0 Å². The number of nitrogens with two attached hydrogens (primary N) is 1. The van der Waals surface area contributed by atoms with Gasteiger partial charge in [-0.3, -0.25) is 4.79 Å². The second-order valence-electron chi connectivity index (χ2n) is 3.82. The van der Waals surface area contributed by atoms with Crippen LogP contribution < -0.4 is 5.73 Å². The summed E-state index contributed by atoms with van der Waals surface area (Å²) in [5.74, 6) is 2.61. The predicted molar refractivity (Wildman–Crippen MR) is 87.2 cm³/mol. The van der Waals surface area contributed by atoms with Crippen LogP contribution in [0.3, 0.4) is 0 Å². The van der Waals surface area contributed by atoms with E-state index < -0.39 is 0 Å². The molecular weight excluding hydrogens is 391 g/mol. The minimum absolute atomic E-state index is 0.0380. The zero-order chi connectivity index (χ0) is 14.5. The molecule has 2 aromatic rings. The molecule has 104 valence electrons. The number of halogens is 1. The molecule has 0 saturated heterocycles. The Labute approximate surface area is 132 Å². The molecule has 0 fully saturated rings. The maximum absolute atomic E-state index is 11.6. The number of hydrogen-bond donors (Lipinski definition) is 1. The van der Waals surface area contributed by atoms with Crippen LogP contribution in [0.1, 0.15) is 18.2 Å². The number of carbonyl (C=O) groups excluding carboxylic acids is 1. The van der Waals surface area contributed by atoms with Crippen LogP contribution in [-0.4, -0.2) is 17.7 Å². The summed E-state index contributed by atoms with van der Waals surface area (Å²) < 4.78 is 10.1. The van der Waals surface area contributed by atoms with E-state index in [1.165, 1.54) is 8.93 Å². The number of fused-ring (bicyclic) bond motifs is 1. The first-order chi connectivity index (χ1) is 9.67. The highest BCUT2D eigenvalue weighted by Crippen LogP contribution is 2.27. The number of anilines is 1. The van der Waals surface area contributed by atoms with E-state index in [9.17, 15) is 4.79 Å². The lowest BCUT2D eigenvalue weighted by Gasteiger charge is -2.02. The zero-order valence-electron chi connectivity index (χ0n) is 10.6. The van der Waals surface area contributed by atoms with Crippen LogP contribution in [0.15, 0.2) is 16.7 Å². The lowest BCUT2D eigenvalue weighted by atomic mass is 10.1. The van der Waals surface area contributed by atoms with Gasteiger partial charge < -0.3 is 15.0 Å². The van der Waals surface area contributed by atoms with Gasteiger partial charge in [-0.05, 0) is 33.2 Å². The number of ether oxygens (including phenoxy) is 1. The summed E-state index contributed by atoms with van der Waals surface area (Å²) in [6.07, 6.45) is 0.0380. The molecule has 0 aliphatic carbocycles. The molecule has 1 heterocycles. The third kappa shape index (κ3) is 3.19. The van der Waals surface area contributed by atoms with Crippen LogP contribution in [0.4, 0.5) is 5.69 Å². The standard InChI is InChI=1S/C13H11IN2O3S/c1-2-18-12(17)7-10-13-8(5-6-20-14)9(15)3-4-11(13)19-16-10/h3-4H,2,7,15H2,1H3. The second kappa shape index (κ2) is 6.85. The minimum Gasteiger partial charge on any atom is -0.466 e. The molecule has 0 aliphatic rings. The molecule has 7 heteroatoms. The van der Waals surface area contributed by atoms with Crippen LogP contribution in [0.2, 0.25) is 0 Å². The molecule has 1 aromatic heterocycles. The number of aromatic nitrogens is 1. The second-order valence-corrected chi connectivity index (χ2v) is 5.50. The van der Waals surface area contributed by atoms with Gasteiger partial charge in [-0.1, -0.05) is 11.1 Å². The summed E-state index contributed by atoms with van der Waals surface area (Å²) in [5, 5.41) is 7.48. The van der Waals surface area contributed by atoms with Crippen molar-refractivity contribution in [1.82, 2.24) is 5.16 Å². The topological polar surface area (TPSA) is 78.3 Å². The number of nitrogens with zero attached hydrogens (tertiary/aromatic N) is 1. The molecule has 0 atom stereocenters. The molecule has 0 spiro atoms. The summed E-state index contributed by atoms with van der Waals surface area (Å²) in [6, 6.07) is 3.43. The van der Waals surface area contributed by atoms with Crippen molar-refractivity contribution in [3.8, 4) is 11.2 Å². The Morgan fingerprint density at radius 3 is 3.10 bits per heavy atom. The first-order valence-electron chi connectivity index (χ1n) is 5.78. The quantitative estimate of drug-likeness (QED) is 0.368. The fourth-order valence-corrected chi connectivity index (χ4v) is 2.26. The van der Waals surface area contributed by atoms with E-state index in [1.807, 2.05) is 0 Å². The molecule has 5 nitrogen and oxygen atoms in total. The van der Waals surface area contributed by atoms with Gasteiger partial charge in [0.25, 0.3) is 0 Å². The molecule has 2 N–H and O–H groups in total. The van der Waals surface area contributed by atoms with E-state index in [-0.39, 0.29) is 12.4 Å². The van der Waals surface area contributed by atoms with Crippen molar-refractivity contribution in [2.24, 2.45) is 0 Å². The van der Waals surface area contributed by atoms with E-state index in [2.05, 4.69) is 37.5 Å². The van der Waals surface area contributed by atoms with Crippen molar-refractivity contribution in [2.75, 3.05) is 12.3 Å². The number of esters is 1. The summed E-state index contributed by atoms with van der Waals surface area (Å²) >= 11 is 2.08. The molecule has 2 rings (SSSR count). The van der Waals surface area contributed by atoms with Gasteiger partial charge in [-0.15, -0.1) is 0 Å². The number of benzene rings is 1. The summed E-state index contributed by atoms with van der Waals surface area (Å²) in [6.45, 7) is 2.08. The van der Waals surface area contributed by atoms with Crippen LogP contribution in [-0.2, 0) is 16.0 Å². The first-order valence-corrected chi connectivity index (χ1v) is 9.14. The maximum atomic E-state index is 11.6. The number of rotatable bonds is 3. The Morgan fingerprint density at radius 1 is 1.60 bits per heavy atom. The van der Waals surface area contributed by atoms with Crippen molar-refractivity contribution < 1.29 is 14.1 Å². The number of hydrogen-bond acceptors (Lipinski definition) is 6. The largest absolute Gasteiger partial charge is 0.466 e. The highest BCUT2D eigenvalue weighted by atomic mass is 127. The normalized spacial score (nSPS) is 10.1. The highest BCUT2D eigenvalue weighted by Gasteiger charge is 2.17. The molecule has 0 amide bonds. The SMILES string of the molecule is CCOC(=O)Cc1noc2ccc(N)c(C#CSI)c12. The average Bonchev–Trinajstić information content (AvgIpc) is 2.81. The van der Waals surface area contributed by atoms with Gasteiger partial charge in [0, 0.05) is 26.9 Å². The fraction of sp³-hybridized carbons (Fsp3) is 0.231. The maximum Gasteiger partial charge on any atom is 0.312 e. The Kier molecular flexibility index (Phi) is 5.14. The van der Waals surface area contributed by atoms with Gasteiger partial charge in [-0.2, -0.15) is 0 Å². The van der Waals surface area contributed by atoms with Crippen LogP contribution in [0, 0.1) is 11.2 Å². The van der Waals surface area contributed by atoms with Crippen LogP contribution >= 0.6 is 30.1 Å². The van der Waals surface area contributed by atoms with E-state index in [1.54, 1.807) is 19.1 Å². The molecule has 1 aromatic carbocycles. The van der Waals surface area contributed by atoms with Crippen LogP contribution in [0.25, 0.3) is 11.0 Å². The third-order valence-corrected chi connectivity index (χ3v) is 3.41. The third-order valence-electron chi connectivity index (χ3n) is 2.57. The Bertz CT molecular complexity index is 703. The van der Waals surface area contributed by atoms with Gasteiger partial charge in [-0.25, -0.2) is 0 Å². The first kappa shape index (κ1) is 15.0. The van der Waals surface area contributed by atoms with Gasteiger partial charge in [0.1, 0.15) is 5.69 Å². The van der Waals surface area contributed by atoms with Crippen molar-refractivity contribution in [3.05, 3.63) is 23.4 Å². The monoisotopic (exact) mass is 402 g/mol. The summed E-state index contributed by atoms with van der Waals surface area (Å²) in [5.41, 5.74) is 8.16. The van der Waals surface area contributed by atoms with Gasteiger partial charge >= 0.3 is 5.97 Å².